The van der Waals surface area contributed by atoms with Crippen LogP contribution in [0.25, 0.3) is 22.5 Å². The van der Waals surface area contributed by atoms with E-state index in [0.29, 0.717) is 4.53 Å². The average Bonchev–Trinajstić information content (AvgIpc) is 3.23. The summed E-state index contributed by atoms with van der Waals surface area (Å²) < 4.78 is 21.5. The van der Waals surface area contributed by atoms with Crippen molar-refractivity contribution < 1.29 is 8.96 Å². The first kappa shape index (κ1) is 19.0. The van der Waals surface area contributed by atoms with Crippen LogP contribution >= 0.6 is 34.0 Å². The first-order valence-corrected chi connectivity index (χ1v) is 10.9. The van der Waals surface area contributed by atoms with Gasteiger partial charge >= 0.3 is 0 Å². The Hall–Kier alpha value is -2.36. The maximum absolute atomic E-state index is 13.6. The van der Waals surface area contributed by atoms with Crippen LogP contribution in [0.15, 0.2) is 34.2 Å². The predicted molar refractivity (Wildman–Crippen MR) is 113 cm³/mol. The van der Waals surface area contributed by atoms with Crippen LogP contribution in [0.5, 0.6) is 0 Å². The van der Waals surface area contributed by atoms with Crippen LogP contribution in [0.3, 0.4) is 0 Å². The molecule has 0 spiro atoms. The average molecular weight is 434 g/mol. The molecule has 4 rings (SSSR count). The van der Waals surface area contributed by atoms with Crippen molar-refractivity contribution in [2.45, 2.75) is 6.92 Å². The van der Waals surface area contributed by atoms with Crippen molar-refractivity contribution in [3.05, 3.63) is 64.4 Å². The molecule has 0 radical (unpaired) electrons. The number of hydrogen-bond acceptors (Lipinski definition) is 5. The molecule has 0 unspecified atom stereocenters. The molecule has 0 saturated carbocycles. The molecule has 4 aromatic rings. The van der Waals surface area contributed by atoms with Gasteiger partial charge in [-0.3, -0.25) is 4.79 Å². The number of halogens is 1. The molecule has 3 heterocycles. The fraction of sp³-hybridized carbons (Fsp3) is 0.211. The third-order valence-electron chi connectivity index (χ3n) is 4.36. The van der Waals surface area contributed by atoms with Gasteiger partial charge in [-0.1, -0.05) is 11.3 Å². The first-order valence-electron chi connectivity index (χ1n) is 8.46. The lowest BCUT2D eigenvalue weighted by molar-refractivity contribution is -0.642. The number of aryl methyl sites for hydroxylation is 3. The number of benzene rings is 1. The second-order valence-electron chi connectivity index (χ2n) is 6.42. The van der Waals surface area contributed by atoms with E-state index in [2.05, 4.69) is 4.99 Å². The minimum atomic E-state index is -0.258. The summed E-state index contributed by atoms with van der Waals surface area (Å²) in [6, 6.07) is 4.77. The van der Waals surface area contributed by atoms with Crippen molar-refractivity contribution >= 4 is 56.5 Å². The van der Waals surface area contributed by atoms with Crippen LogP contribution in [0, 0.1) is 12.7 Å². The van der Waals surface area contributed by atoms with Crippen LogP contribution in [0.2, 0.25) is 0 Å². The van der Waals surface area contributed by atoms with Crippen molar-refractivity contribution in [2.75, 3.05) is 0 Å². The quantitative estimate of drug-likeness (QED) is 0.442. The minimum absolute atomic E-state index is 0.0780. The summed E-state index contributed by atoms with van der Waals surface area (Å²) in [4.78, 5) is 19.1. The molecule has 0 atom stereocenters. The molecule has 5 nitrogen and oxygen atoms in total. The molecule has 0 N–H and O–H groups in total. The Balaban J connectivity index is 1.87. The summed E-state index contributed by atoms with van der Waals surface area (Å²) in [6.07, 6.45) is 5.60. The van der Waals surface area contributed by atoms with Crippen LogP contribution in [-0.2, 0) is 21.1 Å². The van der Waals surface area contributed by atoms with Gasteiger partial charge in [0.1, 0.15) is 26.8 Å². The van der Waals surface area contributed by atoms with Gasteiger partial charge in [0.15, 0.2) is 4.80 Å². The van der Waals surface area contributed by atoms with E-state index in [4.69, 9.17) is 0 Å². The van der Waals surface area contributed by atoms with E-state index >= 15 is 0 Å². The summed E-state index contributed by atoms with van der Waals surface area (Å²) in [6.45, 7) is 2.03. The standard InChI is InChI=1S/C19H18FN4OS3/c1-11-10-22(2)19(26-11)21-9-15-18(25)24(4)17(28-15)8-16-23(3)13-7-12(20)5-6-14(13)27-16/h5-10H,1-4H3/q+1/b15-9-,21-19?. The number of thiazole rings is 3. The van der Waals surface area contributed by atoms with Crippen molar-refractivity contribution in [1.82, 2.24) is 9.13 Å². The summed E-state index contributed by atoms with van der Waals surface area (Å²) in [7, 11) is 5.59. The van der Waals surface area contributed by atoms with E-state index in [1.807, 2.05) is 42.4 Å². The number of fused-ring (bicyclic) bond motifs is 1. The zero-order chi connectivity index (χ0) is 20.0. The van der Waals surface area contributed by atoms with Gasteiger partial charge in [-0.2, -0.15) is 4.57 Å². The Morgan fingerprint density at radius 2 is 2.00 bits per heavy atom. The number of aromatic nitrogens is 3. The molecular weight excluding hydrogens is 415 g/mol. The maximum atomic E-state index is 13.6. The summed E-state index contributed by atoms with van der Waals surface area (Å²) in [5.74, 6) is -0.258. The zero-order valence-electron chi connectivity index (χ0n) is 15.8. The van der Waals surface area contributed by atoms with Gasteiger partial charge in [0, 0.05) is 31.2 Å². The highest BCUT2D eigenvalue weighted by molar-refractivity contribution is 7.19. The van der Waals surface area contributed by atoms with Crippen molar-refractivity contribution in [3.8, 4) is 0 Å². The Bertz CT molecular complexity index is 1450. The minimum Gasteiger partial charge on any atom is -0.326 e. The number of hydrogen-bond donors (Lipinski definition) is 0. The lowest BCUT2D eigenvalue weighted by Gasteiger charge is -1.88. The topological polar surface area (TPSA) is 43.2 Å². The summed E-state index contributed by atoms with van der Waals surface area (Å²) in [5, 5.41) is 0.946. The van der Waals surface area contributed by atoms with Gasteiger partial charge in [0.2, 0.25) is 5.52 Å². The Labute approximate surface area is 171 Å². The predicted octanol–water partition coefficient (Wildman–Crippen LogP) is 1.50. The second-order valence-corrected chi connectivity index (χ2v) is 9.76. The number of nitrogens with zero attached hydrogens (tertiary/aromatic N) is 4. The van der Waals surface area contributed by atoms with Crippen LogP contribution in [0.1, 0.15) is 9.88 Å². The highest BCUT2D eigenvalue weighted by Gasteiger charge is 2.16. The molecule has 0 amide bonds. The molecule has 3 aromatic heterocycles. The largest absolute Gasteiger partial charge is 0.326 e. The molecule has 144 valence electrons. The third-order valence-corrected chi connectivity index (χ3v) is 7.63. The summed E-state index contributed by atoms with van der Waals surface area (Å²) in [5.41, 5.74) is 0.755. The van der Waals surface area contributed by atoms with E-state index in [1.165, 1.54) is 23.5 Å². The van der Waals surface area contributed by atoms with Gasteiger partial charge in [0.25, 0.3) is 10.6 Å². The molecule has 1 aromatic carbocycles. The zero-order valence-corrected chi connectivity index (χ0v) is 18.2. The Morgan fingerprint density at radius 3 is 2.71 bits per heavy atom. The van der Waals surface area contributed by atoms with Crippen molar-refractivity contribution in [2.24, 2.45) is 26.1 Å². The van der Waals surface area contributed by atoms with E-state index in [1.54, 1.807) is 46.6 Å². The normalized spacial score (nSPS) is 14.0. The smallest absolute Gasteiger partial charge is 0.270 e. The Morgan fingerprint density at radius 1 is 1.21 bits per heavy atom. The molecule has 9 heteroatoms. The molecular formula is C19H18FN4OS3+. The van der Waals surface area contributed by atoms with E-state index in [0.717, 1.165) is 29.6 Å². The summed E-state index contributed by atoms with van der Waals surface area (Å²) >= 11 is 4.54. The molecule has 0 saturated heterocycles. The van der Waals surface area contributed by atoms with Gasteiger partial charge < -0.3 is 9.13 Å². The van der Waals surface area contributed by atoms with E-state index in [9.17, 15) is 9.18 Å². The lowest BCUT2D eigenvalue weighted by Crippen LogP contribution is -2.31. The molecule has 0 bridgehead atoms. The molecule has 28 heavy (non-hydrogen) atoms. The highest BCUT2D eigenvalue weighted by atomic mass is 32.1. The fourth-order valence-corrected chi connectivity index (χ4v) is 5.76. The molecule has 0 fully saturated rings. The Kier molecular flexibility index (Phi) is 4.90. The van der Waals surface area contributed by atoms with Gasteiger partial charge in [-0.15, -0.1) is 22.7 Å². The molecule has 0 aliphatic carbocycles. The van der Waals surface area contributed by atoms with E-state index in [-0.39, 0.29) is 11.4 Å². The van der Waals surface area contributed by atoms with Crippen LogP contribution in [0.4, 0.5) is 4.39 Å². The van der Waals surface area contributed by atoms with Gasteiger partial charge in [-0.05, 0) is 19.1 Å². The van der Waals surface area contributed by atoms with Gasteiger partial charge in [0.05, 0.1) is 12.3 Å². The van der Waals surface area contributed by atoms with Crippen molar-refractivity contribution in [1.29, 1.82) is 0 Å². The third kappa shape index (κ3) is 3.41. The highest BCUT2D eigenvalue weighted by Crippen LogP contribution is 2.21. The molecule has 0 aliphatic heterocycles. The van der Waals surface area contributed by atoms with Crippen LogP contribution in [-0.4, -0.2) is 9.13 Å². The maximum Gasteiger partial charge on any atom is 0.270 e. The van der Waals surface area contributed by atoms with Crippen LogP contribution < -0.4 is 24.1 Å². The van der Waals surface area contributed by atoms with Crippen molar-refractivity contribution in [3.63, 3.8) is 0 Å². The second kappa shape index (κ2) is 7.23. The monoisotopic (exact) mass is 433 g/mol. The molecule has 0 aliphatic rings. The van der Waals surface area contributed by atoms with E-state index < -0.39 is 0 Å². The first-order chi connectivity index (χ1) is 13.3. The van der Waals surface area contributed by atoms with Gasteiger partial charge in [-0.25, -0.2) is 9.38 Å². The lowest BCUT2D eigenvalue weighted by atomic mass is 10.3. The fourth-order valence-electron chi connectivity index (χ4n) is 2.87. The number of rotatable bonds is 2. The SMILES string of the molecule is Cc1cn(C)c(=N/C=c2\s/c(=C\c3sc4ccc(F)cc4[n+]3C)n(C)c2=O)s1.